The van der Waals surface area contributed by atoms with Crippen molar-refractivity contribution >= 4 is 23.3 Å². The van der Waals surface area contributed by atoms with Gasteiger partial charge in [-0.3, -0.25) is 4.79 Å². The summed E-state index contributed by atoms with van der Waals surface area (Å²) in [4.78, 5) is 27.4. The zero-order chi connectivity index (χ0) is 19.3. The smallest absolute Gasteiger partial charge is 0.354 e. The summed E-state index contributed by atoms with van der Waals surface area (Å²) in [7, 11) is 1.17. The molecule has 1 atom stereocenters. The number of amides is 1. The van der Waals surface area contributed by atoms with Gasteiger partial charge in [0.25, 0.3) is 5.91 Å². The van der Waals surface area contributed by atoms with Gasteiger partial charge in [0.05, 0.1) is 19.1 Å². The first-order chi connectivity index (χ1) is 12.3. The Morgan fingerprint density at radius 3 is 2.58 bits per heavy atom. The predicted molar refractivity (Wildman–Crippen MR) is 90.6 cm³/mol. The molecule has 0 aliphatic heterocycles. The van der Waals surface area contributed by atoms with E-state index in [1.54, 1.807) is 0 Å². The highest BCUT2D eigenvalue weighted by Crippen LogP contribution is 2.26. The van der Waals surface area contributed by atoms with Crippen molar-refractivity contribution in [2.75, 3.05) is 19.0 Å². The Bertz CT molecular complexity index is 823. The van der Waals surface area contributed by atoms with Crippen LogP contribution >= 0.6 is 11.6 Å². The number of carbonyl (C=O) groups excluding carboxylic acids is 1. The normalized spacial score (nSPS) is 12.7. The molecule has 0 bridgehead atoms. The lowest BCUT2D eigenvalue weighted by Gasteiger charge is -2.22. The number of aliphatic hydroxyl groups excluding tert-OH is 1. The number of hydrogen-bond donors (Lipinski definition) is 2. The molecule has 7 nitrogen and oxygen atoms in total. The number of nitrogens with zero attached hydrogens (tertiary/aromatic N) is 2. The molecule has 1 amide bonds. The van der Waals surface area contributed by atoms with E-state index in [2.05, 4.69) is 10.3 Å². The molecule has 0 saturated heterocycles. The molecule has 0 aliphatic rings. The summed E-state index contributed by atoms with van der Waals surface area (Å²) in [6, 6.07) is 3.40. The third-order valence-corrected chi connectivity index (χ3v) is 3.77. The summed E-state index contributed by atoms with van der Waals surface area (Å²) >= 11 is 5.73. The van der Waals surface area contributed by atoms with Gasteiger partial charge in [0.15, 0.2) is 0 Å². The number of methoxy groups -OCH3 is 1. The average molecular weight is 388 g/mol. The van der Waals surface area contributed by atoms with Crippen molar-refractivity contribution in [3.05, 3.63) is 57.6 Å². The Labute approximate surface area is 152 Å². The fraction of sp³-hybridized carbons (Fsp3) is 0.312. The SMILES string of the molecule is COC(CO)CC(F)(F)n1ccc(NC(=O)c2ccc(Cl)cc2)nc1=O. The van der Waals surface area contributed by atoms with Crippen LogP contribution in [0, 0.1) is 0 Å². The standard InChI is InChI=1S/C16H16ClF2N3O4/c1-26-12(9-23)8-16(18,19)22-7-6-13(21-15(22)25)20-14(24)10-2-4-11(17)5-3-10/h2-7,12,23H,8-9H2,1H3,(H,20,21,24,25). The van der Waals surface area contributed by atoms with Crippen LogP contribution in [0.15, 0.2) is 41.3 Å². The molecular formula is C16H16ClF2N3O4. The molecule has 2 N–H and O–H groups in total. The second kappa shape index (κ2) is 8.35. The van der Waals surface area contributed by atoms with Gasteiger partial charge >= 0.3 is 11.7 Å². The second-order valence-corrected chi connectivity index (χ2v) is 5.77. The van der Waals surface area contributed by atoms with Crippen molar-refractivity contribution in [1.82, 2.24) is 9.55 Å². The maximum absolute atomic E-state index is 14.2. The molecule has 1 aromatic carbocycles. The van der Waals surface area contributed by atoms with Crippen molar-refractivity contribution in [1.29, 1.82) is 0 Å². The van der Waals surface area contributed by atoms with Crippen LogP contribution in [0.5, 0.6) is 0 Å². The zero-order valence-corrected chi connectivity index (χ0v) is 14.4. The minimum atomic E-state index is -3.62. The van der Waals surface area contributed by atoms with Crippen LogP contribution < -0.4 is 11.0 Å². The maximum atomic E-state index is 14.2. The molecule has 1 heterocycles. The number of benzene rings is 1. The monoisotopic (exact) mass is 387 g/mol. The number of ether oxygens (including phenoxy) is 1. The average Bonchev–Trinajstić information content (AvgIpc) is 2.60. The molecule has 0 spiro atoms. The molecule has 10 heteroatoms. The van der Waals surface area contributed by atoms with Crippen LogP contribution in [-0.4, -0.2) is 40.4 Å². The van der Waals surface area contributed by atoms with Crippen LogP contribution in [0.3, 0.4) is 0 Å². The molecule has 2 rings (SSSR count). The number of halogens is 3. The van der Waals surface area contributed by atoms with Crippen LogP contribution in [0.25, 0.3) is 0 Å². The molecule has 2 aromatic rings. The molecule has 0 aliphatic carbocycles. The zero-order valence-electron chi connectivity index (χ0n) is 13.7. The number of aliphatic hydroxyl groups is 1. The maximum Gasteiger partial charge on any atom is 0.354 e. The van der Waals surface area contributed by atoms with Crippen molar-refractivity contribution in [3.8, 4) is 0 Å². The minimum absolute atomic E-state index is 0.118. The van der Waals surface area contributed by atoms with Crippen molar-refractivity contribution < 1.29 is 23.4 Å². The Hall–Kier alpha value is -2.36. The molecule has 0 saturated carbocycles. The van der Waals surface area contributed by atoms with E-state index < -0.39 is 36.8 Å². The van der Waals surface area contributed by atoms with Gasteiger partial charge in [-0.05, 0) is 30.3 Å². The topological polar surface area (TPSA) is 93.4 Å². The number of nitrogens with one attached hydrogen (secondary N) is 1. The lowest BCUT2D eigenvalue weighted by Crippen LogP contribution is -2.39. The van der Waals surface area contributed by atoms with Crippen LogP contribution in [0.2, 0.25) is 5.02 Å². The van der Waals surface area contributed by atoms with E-state index in [1.807, 2.05) is 0 Å². The molecule has 26 heavy (non-hydrogen) atoms. The number of alkyl halides is 2. The number of aromatic nitrogens is 2. The fourth-order valence-electron chi connectivity index (χ4n) is 2.11. The number of hydrogen-bond acceptors (Lipinski definition) is 5. The van der Waals surface area contributed by atoms with E-state index in [0.29, 0.717) is 5.02 Å². The molecule has 0 fully saturated rings. The predicted octanol–water partition coefficient (Wildman–Crippen LogP) is 2.10. The van der Waals surface area contributed by atoms with Gasteiger partial charge in [-0.1, -0.05) is 11.6 Å². The number of rotatable bonds is 7. The van der Waals surface area contributed by atoms with Gasteiger partial charge in [-0.2, -0.15) is 13.8 Å². The summed E-state index contributed by atoms with van der Waals surface area (Å²) in [5.74, 6) is -0.745. The third kappa shape index (κ3) is 4.84. The van der Waals surface area contributed by atoms with E-state index >= 15 is 0 Å². The summed E-state index contributed by atoms with van der Waals surface area (Å²) in [5.41, 5.74) is -0.992. The Balaban J connectivity index is 2.17. The summed E-state index contributed by atoms with van der Waals surface area (Å²) in [5, 5.41) is 11.7. The molecule has 1 unspecified atom stereocenters. The van der Waals surface area contributed by atoms with Crippen molar-refractivity contribution in [2.45, 2.75) is 18.6 Å². The third-order valence-electron chi connectivity index (χ3n) is 3.51. The van der Waals surface area contributed by atoms with Gasteiger partial charge in [-0.25, -0.2) is 9.36 Å². The lowest BCUT2D eigenvalue weighted by molar-refractivity contribution is -0.129. The fourth-order valence-corrected chi connectivity index (χ4v) is 2.23. The van der Waals surface area contributed by atoms with E-state index in [1.165, 1.54) is 31.4 Å². The van der Waals surface area contributed by atoms with Gasteiger partial charge < -0.3 is 15.2 Å². The first-order valence-corrected chi connectivity index (χ1v) is 7.83. The van der Waals surface area contributed by atoms with Crippen LogP contribution in [0.1, 0.15) is 16.8 Å². The molecule has 1 aromatic heterocycles. The summed E-state index contributed by atoms with van der Waals surface area (Å²) in [6.45, 7) is -0.622. The van der Waals surface area contributed by atoms with Crippen molar-refractivity contribution in [3.63, 3.8) is 0 Å². The Morgan fingerprint density at radius 2 is 2.04 bits per heavy atom. The molecule has 140 valence electrons. The Morgan fingerprint density at radius 1 is 1.38 bits per heavy atom. The molecule has 0 radical (unpaired) electrons. The highest BCUT2D eigenvalue weighted by molar-refractivity contribution is 6.30. The van der Waals surface area contributed by atoms with Gasteiger partial charge in [0, 0.05) is 23.9 Å². The highest BCUT2D eigenvalue weighted by atomic mass is 35.5. The van der Waals surface area contributed by atoms with Crippen LogP contribution in [0.4, 0.5) is 14.6 Å². The molecular weight excluding hydrogens is 372 g/mol. The van der Waals surface area contributed by atoms with E-state index in [-0.39, 0.29) is 15.9 Å². The van der Waals surface area contributed by atoms with Gasteiger partial charge in [-0.15, -0.1) is 0 Å². The number of carbonyl (C=O) groups is 1. The Kier molecular flexibility index (Phi) is 6.41. The lowest BCUT2D eigenvalue weighted by atomic mass is 10.2. The van der Waals surface area contributed by atoms with Crippen molar-refractivity contribution in [2.24, 2.45) is 0 Å². The van der Waals surface area contributed by atoms with Gasteiger partial charge in [0.2, 0.25) is 0 Å². The first kappa shape index (κ1) is 20.0. The minimum Gasteiger partial charge on any atom is -0.394 e. The second-order valence-electron chi connectivity index (χ2n) is 5.34. The summed E-state index contributed by atoms with van der Waals surface area (Å²) < 4.78 is 33.2. The van der Waals surface area contributed by atoms with E-state index in [4.69, 9.17) is 21.4 Å². The largest absolute Gasteiger partial charge is 0.394 e. The van der Waals surface area contributed by atoms with Crippen LogP contribution in [-0.2, 0) is 10.8 Å². The summed E-state index contributed by atoms with van der Waals surface area (Å²) in [6.07, 6.45) is -1.23. The van der Waals surface area contributed by atoms with E-state index in [9.17, 15) is 18.4 Å². The van der Waals surface area contributed by atoms with Gasteiger partial charge in [0.1, 0.15) is 5.82 Å². The highest BCUT2D eigenvalue weighted by Gasteiger charge is 2.36. The first-order valence-electron chi connectivity index (χ1n) is 7.45. The van der Waals surface area contributed by atoms with E-state index in [0.717, 1.165) is 12.3 Å². The number of anilines is 1. The quantitative estimate of drug-likeness (QED) is 0.758.